The topological polar surface area (TPSA) is 40.0 Å². The zero-order valence-electron chi connectivity index (χ0n) is 15.8. The van der Waals surface area contributed by atoms with Gasteiger partial charge in [0.1, 0.15) is 7.11 Å². The van der Waals surface area contributed by atoms with E-state index in [1.165, 1.54) is 42.5 Å². The maximum absolute atomic E-state index is 5.71. The van der Waals surface area contributed by atoms with Gasteiger partial charge in [-0.2, -0.15) is 0 Å². The third-order valence-corrected chi connectivity index (χ3v) is 7.19. The Bertz CT molecular complexity index is 699. The molecule has 4 nitrogen and oxygen atoms in total. The van der Waals surface area contributed by atoms with Crippen molar-refractivity contribution in [2.24, 2.45) is 22.4 Å². The highest BCUT2D eigenvalue weighted by molar-refractivity contribution is 5.92. The fraction of sp³-hybridized carbons (Fsp3) is 0.667. The summed E-state index contributed by atoms with van der Waals surface area (Å²) in [6.07, 6.45) is 7.10. The van der Waals surface area contributed by atoms with Gasteiger partial charge in [-0.1, -0.05) is 18.1 Å². The van der Waals surface area contributed by atoms with Crippen LogP contribution in [0.5, 0.6) is 11.5 Å². The van der Waals surface area contributed by atoms with Crippen molar-refractivity contribution in [3.8, 4) is 11.5 Å². The van der Waals surface area contributed by atoms with Crippen LogP contribution in [0.4, 0.5) is 0 Å². The Morgan fingerprint density at radius 3 is 2.60 bits per heavy atom. The Morgan fingerprint density at radius 1 is 1.04 bits per heavy atom. The van der Waals surface area contributed by atoms with Crippen LogP contribution in [0.3, 0.4) is 0 Å². The summed E-state index contributed by atoms with van der Waals surface area (Å²) in [6, 6.07) is 4.37. The van der Waals surface area contributed by atoms with Gasteiger partial charge in [0.25, 0.3) is 0 Å². The van der Waals surface area contributed by atoms with Crippen molar-refractivity contribution in [1.29, 1.82) is 0 Å². The minimum absolute atomic E-state index is 0.227. The highest BCUT2D eigenvalue weighted by atomic mass is 16.6. The summed E-state index contributed by atoms with van der Waals surface area (Å²) in [6.45, 7) is 2.42. The fourth-order valence-corrected chi connectivity index (χ4v) is 6.05. The van der Waals surface area contributed by atoms with Crippen molar-refractivity contribution >= 4 is 5.71 Å². The van der Waals surface area contributed by atoms with Gasteiger partial charge in [0.05, 0.1) is 19.9 Å². The first-order valence-corrected chi connectivity index (χ1v) is 9.48. The number of fused-ring (bicyclic) bond motifs is 5. The van der Waals surface area contributed by atoms with Gasteiger partial charge in [-0.05, 0) is 67.9 Å². The summed E-state index contributed by atoms with van der Waals surface area (Å²) in [7, 11) is 5.15. The molecule has 4 rings (SSSR count). The van der Waals surface area contributed by atoms with Gasteiger partial charge in [-0.25, -0.2) is 0 Å². The van der Waals surface area contributed by atoms with E-state index < -0.39 is 0 Å². The first kappa shape index (κ1) is 16.7. The molecule has 0 spiro atoms. The van der Waals surface area contributed by atoms with Crippen molar-refractivity contribution in [1.82, 2.24) is 0 Å². The molecule has 0 N–H and O–H groups in total. The lowest BCUT2D eigenvalue weighted by Gasteiger charge is -2.49. The predicted octanol–water partition coefficient (Wildman–Crippen LogP) is 4.56. The van der Waals surface area contributed by atoms with Crippen LogP contribution in [-0.2, 0) is 11.3 Å². The summed E-state index contributed by atoms with van der Waals surface area (Å²) < 4.78 is 11.2. The first-order chi connectivity index (χ1) is 12.1. The molecule has 0 radical (unpaired) electrons. The van der Waals surface area contributed by atoms with Gasteiger partial charge >= 0.3 is 0 Å². The lowest BCUT2D eigenvalue weighted by atomic mass is 9.55. The van der Waals surface area contributed by atoms with Crippen LogP contribution < -0.4 is 9.47 Å². The van der Waals surface area contributed by atoms with Crippen molar-refractivity contribution in [2.75, 3.05) is 21.3 Å². The predicted molar refractivity (Wildman–Crippen MR) is 98.6 cm³/mol. The van der Waals surface area contributed by atoms with E-state index in [-0.39, 0.29) is 5.41 Å². The number of benzene rings is 1. The standard InChI is InChI=1S/C21H29NO3/c1-21-12-11-14-13-7-9-18(23-2)20(24-3)16(13)6-5-15(14)17(21)8-10-19(21)22-25-4/h7,9,14-15,17H,5-6,8,10-12H2,1-4H3/b22-19-/t14-,15-,17+,21+/m1/s1. The molecule has 4 heteroatoms. The molecule has 4 atom stereocenters. The molecule has 0 unspecified atom stereocenters. The number of rotatable bonds is 3. The molecule has 3 aliphatic rings. The normalized spacial score (nSPS) is 34.9. The molecule has 25 heavy (non-hydrogen) atoms. The third kappa shape index (κ3) is 2.37. The van der Waals surface area contributed by atoms with Gasteiger partial charge in [-0.15, -0.1) is 0 Å². The Hall–Kier alpha value is -1.71. The first-order valence-electron chi connectivity index (χ1n) is 9.48. The average molecular weight is 343 g/mol. The minimum atomic E-state index is 0.227. The van der Waals surface area contributed by atoms with Crippen LogP contribution in [0.2, 0.25) is 0 Å². The molecular formula is C21H29NO3. The maximum Gasteiger partial charge on any atom is 0.164 e. The lowest BCUT2D eigenvalue weighted by Crippen LogP contribution is -2.42. The van der Waals surface area contributed by atoms with Crippen molar-refractivity contribution in [3.63, 3.8) is 0 Å². The van der Waals surface area contributed by atoms with Gasteiger partial charge < -0.3 is 14.3 Å². The Labute approximate surface area is 150 Å². The Morgan fingerprint density at radius 2 is 1.88 bits per heavy atom. The molecule has 0 saturated heterocycles. The van der Waals surface area contributed by atoms with E-state index in [4.69, 9.17) is 14.3 Å². The quantitative estimate of drug-likeness (QED) is 0.755. The number of hydrogen-bond acceptors (Lipinski definition) is 4. The highest BCUT2D eigenvalue weighted by Crippen LogP contribution is 2.60. The SMILES string of the molecule is CO/N=C1/CC[C@H]2[C@@H]3CCc4c(ccc(OC)c4OC)[C@H]3CC[C@]12C. The van der Waals surface area contributed by atoms with E-state index in [0.29, 0.717) is 5.92 Å². The summed E-state index contributed by atoms with van der Waals surface area (Å²) >= 11 is 0. The highest BCUT2D eigenvalue weighted by Gasteiger charge is 2.54. The lowest BCUT2D eigenvalue weighted by molar-refractivity contribution is 0.0919. The number of ether oxygens (including phenoxy) is 2. The monoisotopic (exact) mass is 343 g/mol. The second kappa shape index (κ2) is 6.22. The summed E-state index contributed by atoms with van der Waals surface area (Å²) in [5.74, 6) is 3.91. The van der Waals surface area contributed by atoms with E-state index in [9.17, 15) is 0 Å². The molecule has 0 aromatic heterocycles. The van der Waals surface area contributed by atoms with Gasteiger partial charge in [0, 0.05) is 11.0 Å². The van der Waals surface area contributed by atoms with E-state index >= 15 is 0 Å². The van der Waals surface area contributed by atoms with Gasteiger partial charge in [0.2, 0.25) is 0 Å². The Balaban J connectivity index is 1.70. The Kier molecular flexibility index (Phi) is 4.17. The summed E-state index contributed by atoms with van der Waals surface area (Å²) in [5, 5.41) is 4.39. The molecule has 0 amide bonds. The average Bonchev–Trinajstić information content (AvgIpc) is 2.97. The van der Waals surface area contributed by atoms with Gasteiger partial charge in [0.15, 0.2) is 11.5 Å². The summed E-state index contributed by atoms with van der Waals surface area (Å²) in [5.41, 5.74) is 4.38. The molecule has 1 aromatic carbocycles. The third-order valence-electron chi connectivity index (χ3n) is 7.19. The smallest absolute Gasteiger partial charge is 0.164 e. The molecule has 0 aliphatic heterocycles. The number of oxime groups is 1. The van der Waals surface area contributed by atoms with Crippen LogP contribution in [0.1, 0.15) is 56.1 Å². The molecular weight excluding hydrogens is 314 g/mol. The number of hydrogen-bond donors (Lipinski definition) is 0. The molecule has 2 fully saturated rings. The minimum Gasteiger partial charge on any atom is -0.493 e. The number of nitrogens with zero attached hydrogens (tertiary/aromatic N) is 1. The molecule has 3 aliphatic carbocycles. The van der Waals surface area contributed by atoms with E-state index in [1.54, 1.807) is 21.3 Å². The number of methoxy groups -OCH3 is 2. The molecule has 0 bridgehead atoms. The van der Waals surface area contributed by atoms with Crippen molar-refractivity contribution in [2.45, 2.75) is 51.4 Å². The molecule has 1 aromatic rings. The molecule has 2 saturated carbocycles. The van der Waals surface area contributed by atoms with Crippen molar-refractivity contribution in [3.05, 3.63) is 23.3 Å². The van der Waals surface area contributed by atoms with Gasteiger partial charge in [-0.3, -0.25) is 0 Å². The second-order valence-electron chi connectivity index (χ2n) is 8.00. The van der Waals surface area contributed by atoms with Crippen LogP contribution in [0, 0.1) is 17.3 Å². The zero-order valence-corrected chi connectivity index (χ0v) is 15.8. The van der Waals surface area contributed by atoms with E-state index in [2.05, 4.69) is 24.2 Å². The summed E-state index contributed by atoms with van der Waals surface area (Å²) in [4.78, 5) is 5.15. The maximum atomic E-state index is 5.71. The van der Waals surface area contributed by atoms with Crippen LogP contribution >= 0.6 is 0 Å². The van der Waals surface area contributed by atoms with Crippen LogP contribution in [-0.4, -0.2) is 27.0 Å². The van der Waals surface area contributed by atoms with E-state index in [1.807, 2.05) is 0 Å². The second-order valence-corrected chi connectivity index (χ2v) is 8.00. The largest absolute Gasteiger partial charge is 0.493 e. The molecule has 0 heterocycles. The van der Waals surface area contributed by atoms with Crippen molar-refractivity contribution < 1.29 is 14.3 Å². The van der Waals surface area contributed by atoms with Crippen LogP contribution in [0.15, 0.2) is 17.3 Å². The fourth-order valence-electron chi connectivity index (χ4n) is 6.05. The van der Waals surface area contributed by atoms with E-state index in [0.717, 1.165) is 36.2 Å². The zero-order chi connectivity index (χ0) is 17.6. The molecule has 136 valence electrons. The van der Waals surface area contributed by atoms with Crippen LogP contribution in [0.25, 0.3) is 0 Å².